The van der Waals surface area contributed by atoms with Crippen LogP contribution in [0.15, 0.2) is 48.5 Å². The summed E-state index contributed by atoms with van der Waals surface area (Å²) in [5.74, 6) is -1.46. The number of halogens is 1. The van der Waals surface area contributed by atoms with Crippen LogP contribution in [-0.2, 0) is 20.7 Å². The predicted molar refractivity (Wildman–Crippen MR) is 98.8 cm³/mol. The van der Waals surface area contributed by atoms with Crippen LogP contribution in [0.2, 0.25) is 0 Å². The van der Waals surface area contributed by atoms with Crippen LogP contribution in [0, 0.1) is 5.82 Å². The first-order valence-electron chi connectivity index (χ1n) is 8.37. The number of nitrogens with zero attached hydrogens (tertiary/aromatic N) is 1. The van der Waals surface area contributed by atoms with Crippen LogP contribution in [0.4, 0.5) is 10.1 Å². The van der Waals surface area contributed by atoms with E-state index in [1.807, 2.05) is 0 Å². The fourth-order valence-corrected chi connectivity index (χ4v) is 2.27. The zero-order valence-electron chi connectivity index (χ0n) is 15.2. The monoisotopic (exact) mass is 372 g/mol. The Morgan fingerprint density at radius 1 is 1.00 bits per heavy atom. The van der Waals surface area contributed by atoms with Crippen molar-refractivity contribution in [1.82, 2.24) is 4.90 Å². The summed E-state index contributed by atoms with van der Waals surface area (Å²) in [7, 11) is 3.31. The van der Waals surface area contributed by atoms with Crippen molar-refractivity contribution in [3.8, 4) is 0 Å². The molecule has 0 saturated heterocycles. The molecule has 6 nitrogen and oxygen atoms in total. The maximum absolute atomic E-state index is 12.8. The van der Waals surface area contributed by atoms with E-state index in [-0.39, 0.29) is 18.1 Å². The van der Waals surface area contributed by atoms with Gasteiger partial charge in [0.25, 0.3) is 11.8 Å². The van der Waals surface area contributed by atoms with E-state index in [4.69, 9.17) is 4.74 Å². The molecule has 0 aliphatic carbocycles. The molecule has 0 saturated carbocycles. The highest BCUT2D eigenvalue weighted by Gasteiger charge is 2.10. The molecule has 0 aromatic heterocycles. The zero-order valence-corrected chi connectivity index (χ0v) is 15.2. The highest BCUT2D eigenvalue weighted by atomic mass is 19.1. The van der Waals surface area contributed by atoms with Crippen molar-refractivity contribution in [3.63, 3.8) is 0 Å². The minimum absolute atomic E-state index is 0.0975. The second kappa shape index (κ2) is 9.47. The molecule has 0 unspecified atom stereocenters. The normalized spacial score (nSPS) is 10.2. The van der Waals surface area contributed by atoms with Gasteiger partial charge in [-0.1, -0.05) is 12.1 Å². The summed E-state index contributed by atoms with van der Waals surface area (Å²) in [5, 5.41) is 2.59. The third-order valence-electron chi connectivity index (χ3n) is 3.72. The Morgan fingerprint density at radius 2 is 1.63 bits per heavy atom. The second-order valence-corrected chi connectivity index (χ2v) is 6.11. The smallest absolute Gasteiger partial charge is 0.306 e. The molecular weight excluding hydrogens is 351 g/mol. The fraction of sp³-hybridized carbons (Fsp3) is 0.250. The third kappa shape index (κ3) is 6.54. The molecule has 2 aromatic carbocycles. The molecule has 0 spiro atoms. The molecule has 0 atom stereocenters. The van der Waals surface area contributed by atoms with Crippen molar-refractivity contribution < 1.29 is 23.5 Å². The van der Waals surface area contributed by atoms with Crippen molar-refractivity contribution in [2.45, 2.75) is 12.8 Å². The van der Waals surface area contributed by atoms with Gasteiger partial charge in [0.05, 0.1) is 0 Å². The highest BCUT2D eigenvalue weighted by Crippen LogP contribution is 2.11. The number of aryl methyl sites for hydroxylation is 1. The first-order chi connectivity index (χ1) is 12.8. The van der Waals surface area contributed by atoms with Crippen molar-refractivity contribution in [2.24, 2.45) is 0 Å². The van der Waals surface area contributed by atoms with Gasteiger partial charge in [-0.15, -0.1) is 0 Å². The summed E-state index contributed by atoms with van der Waals surface area (Å²) in [5.41, 5.74) is 1.81. The third-order valence-corrected chi connectivity index (χ3v) is 3.72. The van der Waals surface area contributed by atoms with Crippen LogP contribution < -0.4 is 5.32 Å². The van der Waals surface area contributed by atoms with E-state index in [0.717, 1.165) is 5.56 Å². The number of hydrogen-bond acceptors (Lipinski definition) is 4. The molecule has 7 heteroatoms. The molecule has 0 aliphatic heterocycles. The number of rotatable bonds is 7. The fourth-order valence-electron chi connectivity index (χ4n) is 2.27. The van der Waals surface area contributed by atoms with Crippen LogP contribution in [-0.4, -0.2) is 43.4 Å². The Labute approximate surface area is 156 Å². The summed E-state index contributed by atoms with van der Waals surface area (Å²) in [6, 6.07) is 12.3. The maximum atomic E-state index is 12.8. The van der Waals surface area contributed by atoms with Gasteiger partial charge >= 0.3 is 5.97 Å². The Kier molecular flexibility index (Phi) is 7.05. The maximum Gasteiger partial charge on any atom is 0.306 e. The molecule has 0 radical (unpaired) electrons. The molecule has 27 heavy (non-hydrogen) atoms. The lowest BCUT2D eigenvalue weighted by Crippen LogP contribution is -2.22. The number of amides is 2. The summed E-state index contributed by atoms with van der Waals surface area (Å²) >= 11 is 0. The molecular formula is C20H21FN2O4. The number of carbonyl (C=O) groups excluding carboxylic acids is 3. The van der Waals surface area contributed by atoms with Crippen molar-refractivity contribution in [2.75, 3.05) is 26.0 Å². The minimum atomic E-state index is -0.513. The number of esters is 1. The van der Waals surface area contributed by atoms with Crippen LogP contribution >= 0.6 is 0 Å². The van der Waals surface area contributed by atoms with Crippen molar-refractivity contribution in [1.29, 1.82) is 0 Å². The molecule has 1 N–H and O–H groups in total. The van der Waals surface area contributed by atoms with Crippen LogP contribution in [0.25, 0.3) is 0 Å². The summed E-state index contributed by atoms with van der Waals surface area (Å²) in [6.07, 6.45) is 0.502. The first kappa shape index (κ1) is 20.1. The Hall–Kier alpha value is -3.22. The quantitative estimate of drug-likeness (QED) is 0.758. The molecule has 2 rings (SSSR count). The summed E-state index contributed by atoms with van der Waals surface area (Å²) < 4.78 is 17.7. The lowest BCUT2D eigenvalue weighted by atomic mass is 10.1. The van der Waals surface area contributed by atoms with Crippen LogP contribution in [0.3, 0.4) is 0 Å². The number of hydrogen-bond donors (Lipinski definition) is 1. The Morgan fingerprint density at radius 3 is 2.22 bits per heavy atom. The molecule has 2 amide bonds. The van der Waals surface area contributed by atoms with Crippen LogP contribution in [0.5, 0.6) is 0 Å². The lowest BCUT2D eigenvalue weighted by molar-refractivity contribution is -0.147. The molecule has 0 bridgehead atoms. The molecule has 2 aromatic rings. The Bertz CT molecular complexity index is 802. The van der Waals surface area contributed by atoms with Crippen molar-refractivity contribution in [3.05, 3.63) is 65.5 Å². The average Bonchev–Trinajstić information content (AvgIpc) is 2.66. The van der Waals surface area contributed by atoms with Gasteiger partial charge in [0.1, 0.15) is 5.82 Å². The number of benzene rings is 2. The number of carbonyl (C=O) groups is 3. The number of anilines is 1. The van der Waals surface area contributed by atoms with Gasteiger partial charge in [-0.05, 0) is 48.4 Å². The summed E-state index contributed by atoms with van der Waals surface area (Å²) in [6.45, 7) is -0.402. The largest absolute Gasteiger partial charge is 0.456 e. The van der Waals surface area contributed by atoms with E-state index in [9.17, 15) is 18.8 Å². The predicted octanol–water partition coefficient (Wildman–Crippen LogP) is 2.64. The lowest BCUT2D eigenvalue weighted by Gasteiger charge is -2.11. The standard InChI is InChI=1S/C20H21FN2O4/c1-23(2)20(26)15-6-10-17(11-7-15)22-18(24)13-27-19(25)12-5-14-3-8-16(21)9-4-14/h3-4,6-11H,5,12-13H2,1-2H3,(H,22,24). The van der Waals surface area contributed by atoms with Crippen molar-refractivity contribution >= 4 is 23.5 Å². The SMILES string of the molecule is CN(C)C(=O)c1ccc(NC(=O)COC(=O)CCc2ccc(F)cc2)cc1. The van der Waals surface area contributed by atoms with E-state index in [1.165, 1.54) is 17.0 Å². The zero-order chi connectivity index (χ0) is 19.8. The molecule has 142 valence electrons. The minimum Gasteiger partial charge on any atom is -0.456 e. The number of nitrogens with one attached hydrogen (secondary N) is 1. The first-order valence-corrected chi connectivity index (χ1v) is 8.37. The van der Waals surface area contributed by atoms with E-state index >= 15 is 0 Å². The Balaban J connectivity index is 1.74. The molecule has 0 heterocycles. The highest BCUT2D eigenvalue weighted by molar-refractivity contribution is 5.96. The number of ether oxygens (including phenoxy) is 1. The van der Waals surface area contributed by atoms with E-state index in [2.05, 4.69) is 5.32 Å². The average molecular weight is 372 g/mol. The second-order valence-electron chi connectivity index (χ2n) is 6.11. The van der Waals surface area contributed by atoms with Gasteiger partial charge in [-0.25, -0.2) is 4.39 Å². The van der Waals surface area contributed by atoms with Gasteiger partial charge < -0.3 is 15.0 Å². The van der Waals surface area contributed by atoms with E-state index < -0.39 is 18.5 Å². The van der Waals surface area contributed by atoms with Gasteiger partial charge in [-0.2, -0.15) is 0 Å². The van der Waals surface area contributed by atoms with Crippen LogP contribution in [0.1, 0.15) is 22.3 Å². The van der Waals surface area contributed by atoms with E-state index in [1.54, 1.807) is 50.5 Å². The van der Waals surface area contributed by atoms with E-state index in [0.29, 0.717) is 17.7 Å². The van der Waals surface area contributed by atoms with Gasteiger partial charge in [0.15, 0.2) is 6.61 Å². The van der Waals surface area contributed by atoms with Gasteiger partial charge in [0.2, 0.25) is 0 Å². The van der Waals surface area contributed by atoms with Gasteiger partial charge in [-0.3, -0.25) is 14.4 Å². The molecule has 0 fully saturated rings. The topological polar surface area (TPSA) is 75.7 Å². The summed E-state index contributed by atoms with van der Waals surface area (Å²) in [4.78, 5) is 36.8. The van der Waals surface area contributed by atoms with Gasteiger partial charge in [0, 0.05) is 31.8 Å². The molecule has 0 aliphatic rings.